The first-order valence-electron chi connectivity index (χ1n) is 16.2. The van der Waals surface area contributed by atoms with Gasteiger partial charge in [-0.25, -0.2) is 9.59 Å². The first-order chi connectivity index (χ1) is 28.9. The minimum atomic E-state index is -4.97. The second-order valence-corrected chi connectivity index (χ2v) is 13.3. The molecule has 0 bridgehead atoms. The van der Waals surface area contributed by atoms with Gasteiger partial charge in [0.2, 0.25) is 0 Å². The number of hydrogen-bond donors (Lipinski definition) is 5. The summed E-state index contributed by atoms with van der Waals surface area (Å²) in [5.74, 6) is 0. The lowest BCUT2D eigenvalue weighted by atomic mass is 10.1. The second kappa shape index (κ2) is 29.2. The standard InChI is InChI=1S/C8H5F4NO.C8H6F3NO5S.C8H7F3.C7H6F3N.C2H6.CH4O3S.CO2.CH4/c9-7(14)13-6-3-1-5(2-4-6)8(10,11)12;9-8(10,11)5-1-3-6(4-2-5)12-7(13)17-18(14,15)16;1-6-2-4-7(5-3-6)8(9,10)11;8-7(9,10)5-1-3-6(11)4-2-5;1-2;1-5(2,3)4;2-1-3;/h1-4H,(H,13,14);1-4H,(H,12,13)(H,14,15,16);2-5H,1H3;1-4H,11H2;1-2H3;1H3,(H,2,3,4);;1H4. The summed E-state index contributed by atoms with van der Waals surface area (Å²) in [4.78, 5) is 37.0. The van der Waals surface area contributed by atoms with Crippen LogP contribution in [-0.2, 0) is 59.0 Å². The van der Waals surface area contributed by atoms with Gasteiger partial charge in [-0.2, -0.15) is 79.1 Å². The highest BCUT2D eigenvalue weighted by atomic mass is 32.3. The number of alkyl halides is 12. The van der Waals surface area contributed by atoms with Crippen LogP contribution in [0.25, 0.3) is 0 Å². The average molecular weight is 1000 g/mol. The van der Waals surface area contributed by atoms with Crippen molar-refractivity contribution < 1.29 is 106 Å². The summed E-state index contributed by atoms with van der Waals surface area (Å²) >= 11 is 0. The number of benzene rings is 4. The molecule has 65 heavy (non-hydrogen) atoms. The Morgan fingerprint density at radius 3 is 1.03 bits per heavy atom. The Hall–Kier alpha value is -6.29. The number of carbonyl (C=O) groups is 2. The summed E-state index contributed by atoms with van der Waals surface area (Å²) < 4.78 is 214. The molecule has 0 unspecified atom stereocenters. The van der Waals surface area contributed by atoms with E-state index in [0.717, 1.165) is 66.2 Å². The third-order valence-electron chi connectivity index (χ3n) is 5.71. The van der Waals surface area contributed by atoms with Crippen LogP contribution in [0.15, 0.2) is 97.1 Å². The Labute approximate surface area is 362 Å². The van der Waals surface area contributed by atoms with Crippen molar-refractivity contribution in [2.75, 3.05) is 22.6 Å². The van der Waals surface area contributed by atoms with E-state index in [1.54, 1.807) is 12.2 Å². The highest BCUT2D eigenvalue weighted by Gasteiger charge is 2.32. The lowest BCUT2D eigenvalue weighted by molar-refractivity contribution is -0.191. The van der Waals surface area contributed by atoms with Crippen LogP contribution in [0.4, 0.5) is 83.7 Å². The van der Waals surface area contributed by atoms with Crippen molar-refractivity contribution in [3.63, 3.8) is 0 Å². The molecule has 4 rings (SSSR count). The van der Waals surface area contributed by atoms with E-state index in [9.17, 15) is 83.5 Å². The molecule has 0 atom stereocenters. The molecule has 2 amide bonds. The molecule has 0 aromatic heterocycles. The van der Waals surface area contributed by atoms with Crippen LogP contribution in [0.3, 0.4) is 0 Å². The number of aryl methyl sites for hydroxylation is 1. The van der Waals surface area contributed by atoms with E-state index in [4.69, 9.17) is 24.4 Å². The van der Waals surface area contributed by atoms with Crippen LogP contribution in [0.1, 0.15) is 49.1 Å². The van der Waals surface area contributed by atoms with Crippen molar-refractivity contribution in [1.29, 1.82) is 0 Å². The molecule has 0 heterocycles. The van der Waals surface area contributed by atoms with Crippen LogP contribution in [-0.4, -0.2) is 50.6 Å². The van der Waals surface area contributed by atoms with Crippen LogP contribution in [0.2, 0.25) is 0 Å². The fraction of sp³-hybridized carbons (Fsp3) is 0.250. The molecular formula is C36H38F13N3O11S2. The second-order valence-electron chi connectivity index (χ2n) is 10.8. The first kappa shape index (κ1) is 65.3. The lowest BCUT2D eigenvalue weighted by Gasteiger charge is -2.08. The van der Waals surface area contributed by atoms with E-state index in [-0.39, 0.29) is 25.0 Å². The maximum atomic E-state index is 12.2. The van der Waals surface area contributed by atoms with Crippen molar-refractivity contribution in [2.45, 2.75) is 52.9 Å². The Bertz CT molecular complexity index is 2190. The maximum absolute atomic E-state index is 12.2. The number of amides is 2. The van der Waals surface area contributed by atoms with Crippen molar-refractivity contribution in [2.24, 2.45) is 0 Å². The Morgan fingerprint density at radius 1 is 0.569 bits per heavy atom. The van der Waals surface area contributed by atoms with Crippen LogP contribution >= 0.6 is 0 Å². The molecule has 0 fully saturated rings. The largest absolute Gasteiger partial charge is 0.450 e. The zero-order valence-electron chi connectivity index (χ0n) is 32.6. The van der Waals surface area contributed by atoms with Gasteiger partial charge in [-0.1, -0.05) is 39.0 Å². The maximum Gasteiger partial charge on any atom is 0.450 e. The average Bonchev–Trinajstić information content (AvgIpc) is 3.11. The van der Waals surface area contributed by atoms with Gasteiger partial charge < -0.3 is 9.92 Å². The van der Waals surface area contributed by atoms with E-state index in [0.29, 0.717) is 24.1 Å². The predicted octanol–water partition coefficient (Wildman–Crippen LogP) is 11.1. The molecule has 0 aliphatic rings. The highest BCUT2D eigenvalue weighted by molar-refractivity contribution is 7.85. The zero-order chi connectivity index (χ0) is 50.9. The number of halogens is 13. The number of nitrogens with two attached hydrogens (primary N) is 1. The SMILES string of the molecule is C.CC.CS(=O)(=O)O.Cc1ccc(C(F)(F)F)cc1.Nc1ccc(C(F)(F)F)cc1.O=C(F)Nc1ccc(C(F)(F)F)cc1.O=C(Nc1ccc(C(F)(F)F)cc1)OS(=O)(=O)O.O=C=O. The van der Waals surface area contributed by atoms with Gasteiger partial charge in [0.05, 0.1) is 28.5 Å². The number of rotatable bonds is 3. The molecule has 0 saturated heterocycles. The molecule has 366 valence electrons. The zero-order valence-corrected chi connectivity index (χ0v) is 34.2. The summed E-state index contributed by atoms with van der Waals surface area (Å²) in [7, 11) is -8.63. The summed E-state index contributed by atoms with van der Waals surface area (Å²) in [6.07, 6.45) is -19.8. The van der Waals surface area contributed by atoms with Crippen LogP contribution < -0.4 is 16.4 Å². The molecule has 0 saturated carbocycles. The molecular weight excluding hydrogens is 962 g/mol. The van der Waals surface area contributed by atoms with Gasteiger partial charge in [-0.15, -0.1) is 4.39 Å². The third kappa shape index (κ3) is 35.8. The van der Waals surface area contributed by atoms with Gasteiger partial charge in [0.25, 0.3) is 10.1 Å². The topological polar surface area (TPSA) is 236 Å². The van der Waals surface area contributed by atoms with E-state index < -0.39 is 79.7 Å². The highest BCUT2D eigenvalue weighted by Crippen LogP contribution is 2.32. The van der Waals surface area contributed by atoms with E-state index in [2.05, 4.69) is 4.18 Å². The monoisotopic (exact) mass is 999 g/mol. The molecule has 6 N–H and O–H groups in total. The van der Waals surface area contributed by atoms with E-state index >= 15 is 0 Å². The van der Waals surface area contributed by atoms with Gasteiger partial charge in [0, 0.05) is 17.1 Å². The molecule has 0 radical (unpaired) electrons. The Kier molecular flexibility index (Phi) is 29.4. The summed E-state index contributed by atoms with van der Waals surface area (Å²) in [6.45, 7) is 5.75. The van der Waals surface area contributed by atoms with Crippen molar-refractivity contribution in [1.82, 2.24) is 0 Å². The lowest BCUT2D eigenvalue weighted by Crippen LogP contribution is -2.18. The molecule has 29 heteroatoms. The third-order valence-corrected chi connectivity index (χ3v) is 6.07. The Balaban J connectivity index is -0.000000360. The van der Waals surface area contributed by atoms with Crippen molar-refractivity contribution >= 4 is 56.0 Å². The summed E-state index contributed by atoms with van der Waals surface area (Å²) in [5.41, 5.74) is 3.16. The quantitative estimate of drug-likeness (QED) is 0.0424. The van der Waals surface area contributed by atoms with Crippen molar-refractivity contribution in [3.8, 4) is 0 Å². The molecule has 14 nitrogen and oxygen atoms in total. The van der Waals surface area contributed by atoms with E-state index in [1.807, 2.05) is 19.2 Å². The Morgan fingerprint density at radius 2 is 0.800 bits per heavy atom. The minimum Gasteiger partial charge on any atom is -0.399 e. The number of anilines is 3. The van der Waals surface area contributed by atoms with Crippen LogP contribution in [0, 0.1) is 6.92 Å². The van der Waals surface area contributed by atoms with Gasteiger partial charge in [-0.05, 0) is 91.9 Å². The molecule has 0 aliphatic carbocycles. The first-order valence-corrected chi connectivity index (χ1v) is 19.4. The van der Waals surface area contributed by atoms with Crippen LogP contribution in [0.5, 0.6) is 0 Å². The van der Waals surface area contributed by atoms with Crippen molar-refractivity contribution in [3.05, 3.63) is 125 Å². The van der Waals surface area contributed by atoms with E-state index in [1.165, 1.54) is 24.3 Å². The molecule has 0 aliphatic heterocycles. The molecule has 0 spiro atoms. The van der Waals surface area contributed by atoms with Gasteiger partial charge in [-0.3, -0.25) is 19.7 Å². The van der Waals surface area contributed by atoms with Gasteiger partial charge >= 0.3 is 53.5 Å². The minimum absolute atomic E-state index is 0. The fourth-order valence-electron chi connectivity index (χ4n) is 3.25. The normalized spacial score (nSPS) is 10.8. The smallest absolute Gasteiger partial charge is 0.399 e. The number of hydrogen-bond acceptors (Lipinski definition) is 10. The van der Waals surface area contributed by atoms with Gasteiger partial charge in [0.1, 0.15) is 0 Å². The summed E-state index contributed by atoms with van der Waals surface area (Å²) in [5, 5.41) is 3.52. The number of nitrogen functional groups attached to an aromatic ring is 1. The fourth-order valence-corrected chi connectivity index (χ4v) is 3.48. The predicted molar refractivity (Wildman–Crippen MR) is 207 cm³/mol. The number of carbonyl (C=O) groups excluding carboxylic acids is 4. The van der Waals surface area contributed by atoms with Gasteiger partial charge in [0.15, 0.2) is 0 Å². The summed E-state index contributed by atoms with van der Waals surface area (Å²) in [6, 6.07) is 16.0. The molecule has 4 aromatic rings. The number of nitrogens with one attached hydrogen (secondary N) is 2. The molecule has 4 aromatic carbocycles.